The first-order valence-electron chi connectivity index (χ1n) is 5.96. The van der Waals surface area contributed by atoms with Gasteiger partial charge in [-0.1, -0.05) is 11.6 Å². The number of nitrogens with one attached hydrogen (secondary N) is 1. The van der Waals surface area contributed by atoms with Gasteiger partial charge in [-0.15, -0.1) is 0 Å². The molecule has 1 aliphatic rings. The second-order valence-electron chi connectivity index (χ2n) is 4.40. The molecule has 1 aromatic carbocycles. The fraction of sp³-hybridized carbons (Fsp3) is 0.308. The van der Waals surface area contributed by atoms with Crippen molar-refractivity contribution >= 4 is 17.3 Å². The van der Waals surface area contributed by atoms with Crippen LogP contribution < -0.4 is 14.8 Å². The SMILES string of the molecule is Cc1nn(C)c(Cl)c1CNc1ccc2c(c1)OCO2. The van der Waals surface area contributed by atoms with Gasteiger partial charge in [0, 0.05) is 30.9 Å². The van der Waals surface area contributed by atoms with Crippen LogP contribution in [0.15, 0.2) is 18.2 Å². The molecule has 1 aromatic heterocycles. The van der Waals surface area contributed by atoms with Crippen molar-refractivity contribution in [2.45, 2.75) is 13.5 Å². The fourth-order valence-electron chi connectivity index (χ4n) is 2.07. The topological polar surface area (TPSA) is 48.3 Å². The largest absolute Gasteiger partial charge is 0.454 e. The molecule has 1 aliphatic heterocycles. The molecule has 19 heavy (non-hydrogen) atoms. The molecule has 100 valence electrons. The van der Waals surface area contributed by atoms with E-state index < -0.39 is 0 Å². The molecule has 6 heteroatoms. The van der Waals surface area contributed by atoms with Crippen molar-refractivity contribution in [3.05, 3.63) is 34.6 Å². The predicted molar refractivity (Wildman–Crippen MR) is 72.8 cm³/mol. The quantitative estimate of drug-likeness (QED) is 0.938. The van der Waals surface area contributed by atoms with E-state index in [0.29, 0.717) is 11.7 Å². The van der Waals surface area contributed by atoms with Crippen LogP contribution in [0.2, 0.25) is 5.15 Å². The van der Waals surface area contributed by atoms with E-state index in [9.17, 15) is 0 Å². The molecule has 0 amide bonds. The van der Waals surface area contributed by atoms with Gasteiger partial charge in [0.1, 0.15) is 5.15 Å². The van der Waals surface area contributed by atoms with Crippen LogP contribution >= 0.6 is 11.6 Å². The summed E-state index contributed by atoms with van der Waals surface area (Å²) in [5.41, 5.74) is 2.89. The number of benzene rings is 1. The van der Waals surface area contributed by atoms with Gasteiger partial charge in [-0.2, -0.15) is 5.10 Å². The molecular formula is C13H14ClN3O2. The highest BCUT2D eigenvalue weighted by Crippen LogP contribution is 2.34. The van der Waals surface area contributed by atoms with Crippen molar-refractivity contribution in [1.82, 2.24) is 9.78 Å². The maximum atomic E-state index is 6.19. The van der Waals surface area contributed by atoms with E-state index in [1.807, 2.05) is 32.2 Å². The second kappa shape index (κ2) is 4.66. The Bertz CT molecular complexity index is 625. The molecule has 2 aromatic rings. The molecule has 0 saturated heterocycles. The maximum absolute atomic E-state index is 6.19. The Morgan fingerprint density at radius 3 is 2.89 bits per heavy atom. The third kappa shape index (κ3) is 2.21. The first-order valence-corrected chi connectivity index (χ1v) is 6.34. The first kappa shape index (κ1) is 12.2. The molecule has 0 aliphatic carbocycles. The number of aromatic nitrogens is 2. The van der Waals surface area contributed by atoms with Crippen LogP contribution in [0.25, 0.3) is 0 Å². The summed E-state index contributed by atoms with van der Waals surface area (Å²) in [5.74, 6) is 1.54. The van der Waals surface area contributed by atoms with Gasteiger partial charge in [0.15, 0.2) is 11.5 Å². The maximum Gasteiger partial charge on any atom is 0.231 e. The Balaban J connectivity index is 1.76. The van der Waals surface area contributed by atoms with Gasteiger partial charge in [0.2, 0.25) is 6.79 Å². The lowest BCUT2D eigenvalue weighted by Gasteiger charge is -2.07. The summed E-state index contributed by atoms with van der Waals surface area (Å²) in [7, 11) is 1.83. The van der Waals surface area contributed by atoms with Gasteiger partial charge < -0.3 is 14.8 Å². The average Bonchev–Trinajstić information content (AvgIpc) is 2.94. The highest BCUT2D eigenvalue weighted by atomic mass is 35.5. The number of rotatable bonds is 3. The minimum absolute atomic E-state index is 0.284. The Labute approximate surface area is 116 Å². The Hall–Kier alpha value is -1.88. The summed E-state index contributed by atoms with van der Waals surface area (Å²) in [6.45, 7) is 2.85. The number of hydrogen-bond acceptors (Lipinski definition) is 4. The summed E-state index contributed by atoms with van der Waals surface area (Å²) < 4.78 is 12.3. The molecule has 0 saturated carbocycles. The van der Waals surface area contributed by atoms with Crippen LogP contribution in [0.4, 0.5) is 5.69 Å². The molecule has 1 N–H and O–H groups in total. The number of aryl methyl sites for hydroxylation is 2. The standard InChI is InChI=1S/C13H14ClN3O2/c1-8-10(13(14)17(2)16-8)6-15-9-3-4-11-12(5-9)19-7-18-11/h3-5,15H,6-7H2,1-2H3. The van der Waals surface area contributed by atoms with E-state index in [-0.39, 0.29) is 6.79 Å². The second-order valence-corrected chi connectivity index (χ2v) is 4.76. The highest BCUT2D eigenvalue weighted by Gasteiger charge is 2.14. The van der Waals surface area contributed by atoms with E-state index in [4.69, 9.17) is 21.1 Å². The van der Waals surface area contributed by atoms with Crippen molar-refractivity contribution < 1.29 is 9.47 Å². The number of ether oxygens (including phenoxy) is 2. The molecule has 0 bridgehead atoms. The summed E-state index contributed by atoms with van der Waals surface area (Å²) in [6, 6.07) is 5.76. The van der Waals surface area contributed by atoms with Crippen molar-refractivity contribution in [1.29, 1.82) is 0 Å². The molecule has 0 fully saturated rings. The zero-order chi connectivity index (χ0) is 13.4. The molecule has 3 rings (SSSR count). The smallest absolute Gasteiger partial charge is 0.231 e. The van der Waals surface area contributed by atoms with Crippen molar-refractivity contribution in [3.63, 3.8) is 0 Å². The number of nitrogens with zero attached hydrogens (tertiary/aromatic N) is 2. The third-order valence-corrected chi connectivity index (χ3v) is 3.58. The summed E-state index contributed by atoms with van der Waals surface area (Å²) in [5, 5.41) is 8.25. The van der Waals surface area contributed by atoms with Gasteiger partial charge in [0.25, 0.3) is 0 Å². The van der Waals surface area contributed by atoms with E-state index in [1.165, 1.54) is 0 Å². The fourth-order valence-corrected chi connectivity index (χ4v) is 2.31. The van der Waals surface area contributed by atoms with Crippen LogP contribution in [0, 0.1) is 6.92 Å². The Kier molecular flexibility index (Phi) is 2.98. The van der Waals surface area contributed by atoms with Gasteiger partial charge in [-0.05, 0) is 19.1 Å². The molecule has 5 nitrogen and oxygen atoms in total. The number of fused-ring (bicyclic) bond motifs is 1. The predicted octanol–water partition coefficient (Wildman–Crippen LogP) is 2.72. The molecule has 0 spiro atoms. The zero-order valence-electron chi connectivity index (χ0n) is 10.7. The van der Waals surface area contributed by atoms with E-state index in [0.717, 1.165) is 28.4 Å². The Morgan fingerprint density at radius 2 is 2.16 bits per heavy atom. The highest BCUT2D eigenvalue weighted by molar-refractivity contribution is 6.30. The van der Waals surface area contributed by atoms with E-state index in [1.54, 1.807) is 4.68 Å². The van der Waals surface area contributed by atoms with Crippen LogP contribution in [-0.2, 0) is 13.6 Å². The van der Waals surface area contributed by atoms with E-state index in [2.05, 4.69) is 10.4 Å². The first-order chi connectivity index (χ1) is 9.15. The number of hydrogen-bond donors (Lipinski definition) is 1. The molecule has 0 atom stereocenters. The van der Waals surface area contributed by atoms with Crippen LogP contribution in [0.3, 0.4) is 0 Å². The van der Waals surface area contributed by atoms with E-state index >= 15 is 0 Å². The van der Waals surface area contributed by atoms with Crippen molar-refractivity contribution in [3.8, 4) is 11.5 Å². The lowest BCUT2D eigenvalue weighted by molar-refractivity contribution is 0.174. The van der Waals surface area contributed by atoms with Crippen molar-refractivity contribution in [2.75, 3.05) is 12.1 Å². The van der Waals surface area contributed by atoms with Crippen LogP contribution in [0.1, 0.15) is 11.3 Å². The molecular weight excluding hydrogens is 266 g/mol. The minimum Gasteiger partial charge on any atom is -0.454 e. The monoisotopic (exact) mass is 279 g/mol. The lowest BCUT2D eigenvalue weighted by atomic mass is 10.2. The third-order valence-electron chi connectivity index (χ3n) is 3.11. The minimum atomic E-state index is 0.284. The average molecular weight is 280 g/mol. The van der Waals surface area contributed by atoms with Gasteiger partial charge in [0.05, 0.1) is 5.69 Å². The Morgan fingerprint density at radius 1 is 1.37 bits per heavy atom. The number of halogens is 1. The number of anilines is 1. The molecule has 0 unspecified atom stereocenters. The lowest BCUT2D eigenvalue weighted by Crippen LogP contribution is -2.00. The normalized spacial score (nSPS) is 12.8. The van der Waals surface area contributed by atoms with Gasteiger partial charge >= 0.3 is 0 Å². The van der Waals surface area contributed by atoms with Crippen molar-refractivity contribution in [2.24, 2.45) is 7.05 Å². The summed E-state index contributed by atoms with van der Waals surface area (Å²) >= 11 is 6.19. The van der Waals surface area contributed by atoms with Gasteiger partial charge in [-0.25, -0.2) is 0 Å². The summed E-state index contributed by atoms with van der Waals surface area (Å²) in [6.07, 6.45) is 0. The molecule has 2 heterocycles. The van der Waals surface area contributed by atoms with Crippen LogP contribution in [-0.4, -0.2) is 16.6 Å². The van der Waals surface area contributed by atoms with Gasteiger partial charge in [-0.3, -0.25) is 4.68 Å². The van der Waals surface area contributed by atoms with Crippen LogP contribution in [0.5, 0.6) is 11.5 Å². The summed E-state index contributed by atoms with van der Waals surface area (Å²) in [4.78, 5) is 0. The molecule has 0 radical (unpaired) electrons. The zero-order valence-corrected chi connectivity index (χ0v) is 11.5.